The number of nitrogens with two attached hydrogens (primary N) is 1. The molecule has 0 aliphatic carbocycles. The number of phenols is 3. The number of fused-ring (bicyclic) bond motifs is 15. The van der Waals surface area contributed by atoms with Crippen LogP contribution in [0.3, 0.4) is 0 Å². The summed E-state index contributed by atoms with van der Waals surface area (Å²) in [5.74, 6) is -14.9. The first-order valence-corrected chi connectivity index (χ1v) is 34.3. The van der Waals surface area contributed by atoms with Crippen LogP contribution in [0.25, 0.3) is 22.3 Å². The maximum atomic E-state index is 16.0. The highest BCUT2D eigenvalue weighted by atomic mass is 35.5. The lowest BCUT2D eigenvalue weighted by Gasteiger charge is -2.35. The summed E-state index contributed by atoms with van der Waals surface area (Å²) in [6.07, 6.45) is -5.56. The van der Waals surface area contributed by atoms with Crippen LogP contribution in [0.1, 0.15) is 114 Å². The fourth-order valence-corrected chi connectivity index (χ4v) is 13.2. The second kappa shape index (κ2) is 32.9. The molecule has 7 aromatic carbocycles. The number of aliphatic hydroxyl groups is 2. The Morgan fingerprint density at radius 2 is 1.29 bits per heavy atom. The Labute approximate surface area is 615 Å². The molecule has 11 atom stereocenters. The van der Waals surface area contributed by atoms with Crippen molar-refractivity contribution in [2.24, 2.45) is 11.7 Å². The molecule has 1 saturated heterocycles. The molecule has 13 rings (SSSR count). The van der Waals surface area contributed by atoms with Crippen LogP contribution in [-0.2, 0) is 52.7 Å². The van der Waals surface area contributed by atoms with Crippen molar-refractivity contribution in [3.8, 4) is 68.2 Å². The van der Waals surface area contributed by atoms with Gasteiger partial charge in [-0.05, 0) is 132 Å². The van der Waals surface area contributed by atoms with Crippen molar-refractivity contribution in [1.29, 1.82) is 0 Å². The number of ether oxygens (including phenoxy) is 5. The zero-order chi connectivity index (χ0) is 75.9. The number of benzene rings is 7. The summed E-state index contributed by atoms with van der Waals surface area (Å²) in [6, 6.07) is 17.4. The van der Waals surface area contributed by atoms with Gasteiger partial charge in [-0.3, -0.25) is 38.4 Å². The maximum absolute atomic E-state index is 16.0. The van der Waals surface area contributed by atoms with Gasteiger partial charge in [-0.1, -0.05) is 97.7 Å². The molecule has 1 fully saturated rings. The predicted octanol–water partition coefficient (Wildman–Crippen LogP) is 6.31. The van der Waals surface area contributed by atoms with E-state index >= 15 is 14.4 Å². The summed E-state index contributed by atoms with van der Waals surface area (Å²) in [5.41, 5.74) is 5.52. The van der Waals surface area contributed by atoms with Crippen LogP contribution in [0.5, 0.6) is 46.0 Å². The molecule has 1 unspecified atom stereocenters. The third kappa shape index (κ3) is 17.2. The molecule has 0 radical (unpaired) electrons. The van der Waals surface area contributed by atoms with E-state index in [-0.39, 0.29) is 92.1 Å². The van der Waals surface area contributed by atoms with Crippen molar-refractivity contribution in [3.63, 3.8) is 0 Å². The number of primary amides is 1. The summed E-state index contributed by atoms with van der Waals surface area (Å²) in [6.45, 7) is 3.19. The average Bonchev–Trinajstić information content (AvgIpc) is 0.766. The molecule has 32 heteroatoms. The summed E-state index contributed by atoms with van der Waals surface area (Å²) in [4.78, 5) is 136. The monoisotopic (exact) mass is 1500 g/mol. The molecule has 6 aliphatic rings. The largest absolute Gasteiger partial charge is 0.508 e. The molecule has 6 heterocycles. The van der Waals surface area contributed by atoms with Crippen molar-refractivity contribution in [1.82, 2.24) is 42.3 Å². The summed E-state index contributed by atoms with van der Waals surface area (Å²) in [7, 11) is 2.87. The number of halogens is 2. The van der Waals surface area contributed by atoms with Gasteiger partial charge in [0.15, 0.2) is 17.5 Å². The van der Waals surface area contributed by atoms with Crippen molar-refractivity contribution in [2.45, 2.75) is 113 Å². The standard InChI is InChI=1S/C74H75Cl2N9O21/c1-34(2)25-47(78-3)67(92)83-62-64(90)39-18-21-51(45(75)27-39)103-53-29-41-30-54(66(53)102-24-23-85(101-4)56-11-8-12-57(105-56)106-74(100)37-15-13-36(14-16-37)35-9-6-5-7-10-35)104-52-22-19-40(28-46(52)76)65(91)63-72(97)82-61(73(98)99)44-31-42(86)32-50(88)58(44)43-26-38(17-20-49(43)87)59(69(94)84-63)81-70(95)60(41)80-68(93)48(33-55(77)89)79-71(62)96/h5-7,9-10,13-22,26-32,34,47-48,56-57,59-65,78,86-88,90-91H,8,11-12,23-25,33H2,1-4H3,(H2,77,89)(H,79,96)(H,80,93)(H,81,95)(H,82,97)(H,83,92)(H,84,94)(H,98,99)/t47-,48+,56+,57?,59-,60-,61+,62-,63+,64-,65-/m1/s1. The second-order valence-corrected chi connectivity index (χ2v) is 26.6. The quantitative estimate of drug-likeness (QED) is 0.0351. The average molecular weight is 1500 g/mol. The van der Waals surface area contributed by atoms with Crippen LogP contribution in [0.4, 0.5) is 0 Å². The fraction of sp³-hybridized carbons (Fsp3) is 0.311. The normalized spacial score (nSPS) is 22.0. The molecule has 0 saturated carbocycles. The summed E-state index contributed by atoms with van der Waals surface area (Å²) >= 11 is 14.2. The number of carbonyl (C=O) groups excluding carboxylic acids is 8. The highest BCUT2D eigenvalue weighted by Crippen LogP contribution is 2.49. The lowest BCUT2D eigenvalue weighted by Crippen LogP contribution is -2.59. The van der Waals surface area contributed by atoms with Gasteiger partial charge in [-0.15, -0.1) is 0 Å². The molecule has 6 aliphatic heterocycles. The summed E-state index contributed by atoms with van der Waals surface area (Å²) in [5, 5.41) is 87.6. The fourth-order valence-electron chi connectivity index (χ4n) is 12.8. The molecule has 30 nitrogen and oxygen atoms in total. The molecule has 7 aromatic rings. The molecule has 0 spiro atoms. The molecule has 7 amide bonds. The topological polar surface area (TPSA) is 444 Å². The van der Waals surface area contributed by atoms with Crippen molar-refractivity contribution in [2.75, 3.05) is 27.3 Å². The van der Waals surface area contributed by atoms with Crippen LogP contribution >= 0.6 is 23.2 Å². The zero-order valence-electron chi connectivity index (χ0n) is 57.2. The molecule has 15 N–H and O–H groups in total. The van der Waals surface area contributed by atoms with E-state index in [2.05, 4.69) is 37.2 Å². The number of aromatic hydroxyl groups is 3. The number of carboxylic acids is 1. The summed E-state index contributed by atoms with van der Waals surface area (Å²) < 4.78 is 32.1. The number of likely N-dealkylation sites (N-methyl/N-ethyl adjacent to an activating group) is 1. The number of nitrogens with one attached hydrogen (secondary N) is 7. The van der Waals surface area contributed by atoms with E-state index in [0.29, 0.717) is 19.3 Å². The van der Waals surface area contributed by atoms with Crippen LogP contribution in [-0.4, -0.2) is 153 Å². The van der Waals surface area contributed by atoms with E-state index in [9.17, 15) is 59.4 Å². The number of amides is 7. The van der Waals surface area contributed by atoms with Crippen molar-refractivity contribution in [3.05, 3.63) is 177 Å². The number of aliphatic carboxylic acids is 1. The van der Waals surface area contributed by atoms with Gasteiger partial charge in [0.25, 0.3) is 0 Å². The minimum absolute atomic E-state index is 0.0657. The number of rotatable bonds is 17. The first kappa shape index (κ1) is 76.1. The number of hydroxylamine groups is 2. The highest BCUT2D eigenvalue weighted by Gasteiger charge is 2.43. The van der Waals surface area contributed by atoms with Gasteiger partial charge in [0.1, 0.15) is 84.0 Å². The Balaban J connectivity index is 1.05. The van der Waals surface area contributed by atoms with Crippen molar-refractivity contribution >= 4 is 76.5 Å². The van der Waals surface area contributed by atoms with Gasteiger partial charge >= 0.3 is 11.9 Å². The van der Waals surface area contributed by atoms with E-state index in [1.54, 1.807) is 24.3 Å². The van der Waals surface area contributed by atoms with Gasteiger partial charge in [-0.2, -0.15) is 5.06 Å². The van der Waals surface area contributed by atoms with Gasteiger partial charge < -0.3 is 97.3 Å². The number of carbonyl (C=O) groups is 9. The number of carboxylic acid groups (broad SMARTS) is 1. The first-order valence-electron chi connectivity index (χ1n) is 33.5. The van der Waals surface area contributed by atoms with Crippen LogP contribution in [0, 0.1) is 5.92 Å². The van der Waals surface area contributed by atoms with Crippen LogP contribution in [0.2, 0.25) is 10.0 Å². The smallest absolute Gasteiger partial charge is 0.340 e. The van der Waals surface area contributed by atoms with E-state index in [1.807, 2.05) is 44.2 Å². The number of nitrogens with zero attached hydrogens (tertiary/aromatic N) is 1. The molecular formula is C74H75Cl2N9O21. The molecule has 556 valence electrons. The number of hydrogen-bond donors (Lipinski definition) is 14. The molecular weight excluding hydrogens is 1420 g/mol. The van der Waals surface area contributed by atoms with Gasteiger partial charge in [0.05, 0.1) is 41.7 Å². The number of esters is 1. The van der Waals surface area contributed by atoms with Gasteiger partial charge in [-0.25, -0.2) is 9.59 Å². The zero-order valence-corrected chi connectivity index (χ0v) is 58.7. The lowest BCUT2D eigenvalue weighted by molar-refractivity contribution is -0.292. The van der Waals surface area contributed by atoms with E-state index in [0.717, 1.165) is 47.5 Å². The minimum atomic E-state index is -2.23. The van der Waals surface area contributed by atoms with Gasteiger partial charge in [0, 0.05) is 29.2 Å². The van der Waals surface area contributed by atoms with Crippen LogP contribution in [0.15, 0.2) is 133 Å². The molecule has 0 aromatic heterocycles. The van der Waals surface area contributed by atoms with Crippen LogP contribution < -0.4 is 57.2 Å². The Kier molecular flexibility index (Phi) is 23.6. The first-order chi connectivity index (χ1) is 50.7. The van der Waals surface area contributed by atoms with E-state index in [1.165, 1.54) is 61.7 Å². The van der Waals surface area contributed by atoms with Crippen molar-refractivity contribution < 1.29 is 102 Å². The van der Waals surface area contributed by atoms with E-state index in [4.69, 9.17) is 57.5 Å². The molecule has 11 bridgehead atoms. The Morgan fingerprint density at radius 1 is 0.670 bits per heavy atom. The SMILES string of the molecule is CN[C@H](CC(C)C)C(=O)N[C@H]1C(=O)N[C@@H](CC(N)=O)C(=O)N[C@H]2C(=O)N[C@H]3C(=O)N[C@H](C(=O)N[C@H](C(=O)O)c4cc(O)cc(O)c4-c4cc3ccc4O)[C@H](O)c3ccc(c(Cl)c3)Oc3cc2cc(c3OCCN(OC)[C@@H]2CCCC(OC(=O)c3ccc(-c4ccccc4)cc3)O2)Oc2ccc(cc2Cl)[C@H]1O. The Bertz CT molecular complexity index is 4550. The maximum Gasteiger partial charge on any atom is 0.340 e. The number of aliphatic hydroxyl groups excluding tert-OH is 2. The number of phenolic OH excluding ortho intramolecular Hbond substituents is 3. The Hall–Kier alpha value is -11.1. The Morgan fingerprint density at radius 3 is 1.92 bits per heavy atom. The highest BCUT2D eigenvalue weighted by molar-refractivity contribution is 6.32. The van der Waals surface area contributed by atoms with Gasteiger partial charge in [0.2, 0.25) is 53.4 Å². The molecule has 106 heavy (non-hydrogen) atoms. The predicted molar refractivity (Wildman–Crippen MR) is 377 cm³/mol. The second-order valence-electron chi connectivity index (χ2n) is 25.8. The lowest BCUT2D eigenvalue weighted by atomic mass is 9.89. The third-order valence-electron chi connectivity index (χ3n) is 18.1. The minimum Gasteiger partial charge on any atom is -0.508 e. The number of hydrogen-bond acceptors (Lipinski definition) is 22. The van der Waals surface area contributed by atoms with E-state index < -0.39 is 161 Å². The third-order valence-corrected chi connectivity index (χ3v) is 18.7.